The van der Waals surface area contributed by atoms with Crippen molar-refractivity contribution in [1.82, 2.24) is 15.3 Å². The third-order valence-corrected chi connectivity index (χ3v) is 6.48. The molecule has 0 bridgehead atoms. The zero-order valence-electron chi connectivity index (χ0n) is 19.8. The molecule has 36 heavy (non-hydrogen) atoms. The van der Waals surface area contributed by atoms with Crippen LogP contribution in [0.4, 0.5) is 4.39 Å². The maximum absolute atomic E-state index is 14.3. The molecule has 0 amide bonds. The number of rotatable bonds is 11. The van der Waals surface area contributed by atoms with Crippen LogP contribution in [0.2, 0.25) is 0 Å². The van der Waals surface area contributed by atoms with Crippen molar-refractivity contribution in [3.8, 4) is 0 Å². The van der Waals surface area contributed by atoms with Crippen molar-refractivity contribution in [3.05, 3.63) is 53.6 Å². The van der Waals surface area contributed by atoms with Crippen molar-refractivity contribution in [3.63, 3.8) is 0 Å². The van der Waals surface area contributed by atoms with E-state index in [0.717, 1.165) is 47.7 Å². The van der Waals surface area contributed by atoms with Crippen LogP contribution in [-0.4, -0.2) is 59.7 Å². The molecule has 2 aromatic rings. The van der Waals surface area contributed by atoms with Gasteiger partial charge in [-0.1, -0.05) is 49.7 Å². The first-order valence-corrected chi connectivity index (χ1v) is 12.3. The van der Waals surface area contributed by atoms with Gasteiger partial charge in [0, 0.05) is 35.6 Å². The van der Waals surface area contributed by atoms with Gasteiger partial charge >= 0.3 is 17.9 Å². The lowest BCUT2D eigenvalue weighted by molar-refractivity contribution is -0.170. The largest absolute Gasteiger partial charge is 0.481 e. The van der Waals surface area contributed by atoms with Crippen LogP contribution in [0.5, 0.6) is 0 Å². The van der Waals surface area contributed by atoms with Crippen LogP contribution < -0.4 is 5.32 Å². The second-order valence-corrected chi connectivity index (χ2v) is 9.64. The molecule has 1 aliphatic carbocycles. The highest BCUT2D eigenvalue weighted by molar-refractivity contribution is 7.99. The Morgan fingerprint density at radius 3 is 2.08 bits per heavy atom. The summed E-state index contributed by atoms with van der Waals surface area (Å²) in [7, 11) is 0. The molecule has 196 valence electrons. The number of nitrogens with one attached hydrogen (secondary N) is 1. The van der Waals surface area contributed by atoms with E-state index in [0.29, 0.717) is 6.54 Å². The first kappa shape index (κ1) is 29.1. The van der Waals surface area contributed by atoms with Gasteiger partial charge in [0.25, 0.3) is 0 Å². The van der Waals surface area contributed by atoms with Crippen LogP contribution in [0.25, 0.3) is 0 Å². The number of carbonyl (C=O) groups is 3. The van der Waals surface area contributed by atoms with Crippen molar-refractivity contribution in [2.24, 2.45) is 0 Å². The van der Waals surface area contributed by atoms with E-state index in [9.17, 15) is 18.8 Å². The molecule has 1 aromatic carbocycles. The monoisotopic (exact) mass is 523 g/mol. The summed E-state index contributed by atoms with van der Waals surface area (Å²) in [5.74, 6) is -4.17. The first-order chi connectivity index (χ1) is 17.0. The van der Waals surface area contributed by atoms with Crippen molar-refractivity contribution in [1.29, 1.82) is 0 Å². The molecule has 0 spiro atoms. The number of halogens is 1. The Morgan fingerprint density at radius 2 is 1.61 bits per heavy atom. The molecule has 0 atom stereocenters. The highest BCUT2D eigenvalue weighted by atomic mass is 32.2. The van der Waals surface area contributed by atoms with E-state index in [1.807, 2.05) is 24.5 Å². The average Bonchev–Trinajstić information content (AvgIpc) is 3.28. The zero-order chi connectivity index (χ0) is 26.8. The lowest BCUT2D eigenvalue weighted by atomic mass is 9.87. The Bertz CT molecular complexity index is 1030. The number of hydrogen-bond donors (Lipinski definition) is 5. The number of thioether (sulfide) groups is 1. The van der Waals surface area contributed by atoms with Gasteiger partial charge in [0.15, 0.2) is 10.8 Å². The predicted octanol–water partition coefficient (Wildman–Crippen LogP) is 3.04. The third kappa shape index (κ3) is 8.25. The topological polar surface area (TPSA) is 170 Å². The van der Waals surface area contributed by atoms with E-state index in [4.69, 9.17) is 20.4 Å². The first-order valence-electron chi connectivity index (χ1n) is 11.3. The van der Waals surface area contributed by atoms with Crippen LogP contribution in [0.15, 0.2) is 41.8 Å². The number of carboxylic acids is 3. The van der Waals surface area contributed by atoms with Gasteiger partial charge in [0.2, 0.25) is 0 Å². The van der Waals surface area contributed by atoms with Crippen molar-refractivity contribution in [2.45, 2.75) is 68.3 Å². The SMILES string of the molecule is CCSc1ncc(CNC2(c3ccccc3F)CCCC2)cn1.O=C(O)CC(O)(CC(=O)O)C(=O)O. The van der Waals surface area contributed by atoms with Crippen molar-refractivity contribution < 1.29 is 39.2 Å². The lowest BCUT2D eigenvalue weighted by Crippen LogP contribution is -2.42. The van der Waals surface area contributed by atoms with E-state index >= 15 is 0 Å². The second kappa shape index (κ2) is 13.3. The van der Waals surface area contributed by atoms with Crippen LogP contribution in [-0.2, 0) is 26.5 Å². The molecular formula is C24H30FN3O7S. The fourth-order valence-electron chi connectivity index (χ4n) is 3.99. The van der Waals surface area contributed by atoms with E-state index in [1.54, 1.807) is 23.9 Å². The summed E-state index contributed by atoms with van der Waals surface area (Å²) in [5, 5.41) is 38.2. The third-order valence-electron chi connectivity index (χ3n) is 5.72. The van der Waals surface area contributed by atoms with Crippen molar-refractivity contribution >= 4 is 29.7 Å². The molecule has 1 aliphatic rings. The molecule has 3 rings (SSSR count). The van der Waals surface area contributed by atoms with Crippen LogP contribution in [0.3, 0.4) is 0 Å². The number of aromatic nitrogens is 2. The molecule has 0 saturated heterocycles. The number of carboxylic acid groups (broad SMARTS) is 3. The quantitative estimate of drug-likeness (QED) is 0.217. The number of aliphatic hydroxyl groups is 1. The zero-order valence-corrected chi connectivity index (χ0v) is 20.6. The smallest absolute Gasteiger partial charge is 0.336 e. The van der Waals surface area contributed by atoms with Gasteiger partial charge in [-0.05, 0) is 24.7 Å². The van der Waals surface area contributed by atoms with Crippen molar-refractivity contribution in [2.75, 3.05) is 5.75 Å². The van der Waals surface area contributed by atoms with Crippen LogP contribution in [0, 0.1) is 5.82 Å². The Kier molecular flexibility index (Phi) is 10.8. The van der Waals surface area contributed by atoms with E-state index < -0.39 is 36.4 Å². The molecule has 1 heterocycles. The van der Waals surface area contributed by atoms with Crippen LogP contribution >= 0.6 is 11.8 Å². The summed E-state index contributed by atoms with van der Waals surface area (Å²) in [5.41, 5.74) is -1.18. The number of aliphatic carboxylic acids is 3. The van der Waals surface area contributed by atoms with Crippen LogP contribution in [0.1, 0.15) is 56.6 Å². The van der Waals surface area contributed by atoms with E-state index in [2.05, 4.69) is 22.2 Å². The Balaban J connectivity index is 0.000000302. The number of hydrogen-bond acceptors (Lipinski definition) is 8. The average molecular weight is 524 g/mol. The minimum Gasteiger partial charge on any atom is -0.481 e. The molecular weight excluding hydrogens is 493 g/mol. The molecule has 0 unspecified atom stereocenters. The maximum atomic E-state index is 14.3. The minimum absolute atomic E-state index is 0.118. The van der Waals surface area contributed by atoms with Gasteiger partial charge in [-0.3, -0.25) is 9.59 Å². The summed E-state index contributed by atoms with van der Waals surface area (Å²) in [6.45, 7) is 2.74. The van der Waals surface area contributed by atoms with Gasteiger partial charge in [0.05, 0.1) is 12.8 Å². The molecule has 5 N–H and O–H groups in total. The normalized spacial score (nSPS) is 14.5. The molecule has 1 saturated carbocycles. The fraction of sp³-hybridized carbons (Fsp3) is 0.458. The van der Waals surface area contributed by atoms with Gasteiger partial charge in [-0.2, -0.15) is 0 Å². The number of benzene rings is 1. The Labute approximate surface area is 212 Å². The van der Waals surface area contributed by atoms with Gasteiger partial charge in [-0.25, -0.2) is 19.2 Å². The highest BCUT2D eigenvalue weighted by Gasteiger charge is 2.41. The molecule has 0 aliphatic heterocycles. The van der Waals surface area contributed by atoms with E-state index in [1.165, 1.54) is 0 Å². The molecule has 1 fully saturated rings. The standard InChI is InChI=1S/C18H22FN3S.C6H8O7/c1-2-23-17-20-11-14(12-21-17)13-22-18(9-5-6-10-18)15-7-3-4-8-16(15)19;7-3(8)1-6(13,5(11)12)2-4(9)10/h3-4,7-8,11-12,22H,2,5-6,9-10,13H2,1H3;13H,1-2H2,(H,7,8)(H,9,10)(H,11,12). The van der Waals surface area contributed by atoms with Gasteiger partial charge in [-0.15, -0.1) is 0 Å². The maximum Gasteiger partial charge on any atom is 0.336 e. The molecule has 0 radical (unpaired) electrons. The molecule has 10 nitrogen and oxygen atoms in total. The predicted molar refractivity (Wildman–Crippen MR) is 129 cm³/mol. The Morgan fingerprint density at radius 1 is 1.06 bits per heavy atom. The molecule has 1 aromatic heterocycles. The lowest BCUT2D eigenvalue weighted by Gasteiger charge is -2.31. The van der Waals surface area contributed by atoms with Gasteiger partial charge in [0.1, 0.15) is 5.82 Å². The summed E-state index contributed by atoms with van der Waals surface area (Å²) < 4.78 is 14.3. The number of nitrogens with zero attached hydrogens (tertiary/aromatic N) is 2. The van der Waals surface area contributed by atoms with E-state index in [-0.39, 0.29) is 11.4 Å². The summed E-state index contributed by atoms with van der Waals surface area (Å²) in [6.07, 6.45) is 5.64. The summed E-state index contributed by atoms with van der Waals surface area (Å²) >= 11 is 1.63. The summed E-state index contributed by atoms with van der Waals surface area (Å²) in [6, 6.07) is 7.13. The summed E-state index contributed by atoms with van der Waals surface area (Å²) in [4.78, 5) is 39.2. The Hall–Kier alpha value is -3.09. The second-order valence-electron chi connectivity index (χ2n) is 8.41. The fourth-order valence-corrected chi connectivity index (χ4v) is 4.51. The van der Waals surface area contributed by atoms with Gasteiger partial charge < -0.3 is 25.7 Å². The molecule has 12 heteroatoms. The minimum atomic E-state index is -2.74. The highest BCUT2D eigenvalue weighted by Crippen LogP contribution is 2.40.